The van der Waals surface area contributed by atoms with Gasteiger partial charge in [-0.05, 0) is 12.1 Å². The van der Waals surface area contributed by atoms with Crippen LogP contribution in [0.2, 0.25) is 5.02 Å². The molecule has 134 valence electrons. The van der Waals surface area contributed by atoms with Gasteiger partial charge in [0.2, 0.25) is 0 Å². The van der Waals surface area contributed by atoms with Gasteiger partial charge in [0.05, 0.1) is 30.3 Å². The van der Waals surface area contributed by atoms with Crippen LogP contribution < -0.4 is 14.5 Å². The van der Waals surface area contributed by atoms with Crippen molar-refractivity contribution in [1.82, 2.24) is 14.9 Å². The number of nitrogens with zero attached hydrogens (tertiary/aromatic N) is 5. The molecule has 0 unspecified atom stereocenters. The van der Waals surface area contributed by atoms with E-state index in [1.54, 1.807) is 17.0 Å². The van der Waals surface area contributed by atoms with Crippen molar-refractivity contribution in [3.8, 4) is 5.75 Å². The second kappa shape index (κ2) is 5.74. The number of hydrogen-bond acceptors (Lipinski definition) is 5. The molecule has 0 N–H and O–H groups in total. The first-order valence-electron chi connectivity index (χ1n) is 8.62. The highest BCUT2D eigenvalue weighted by Crippen LogP contribution is 2.43. The number of halogens is 1. The molecule has 7 nitrogen and oxygen atoms in total. The first kappa shape index (κ1) is 15.7. The largest absolute Gasteiger partial charge is 0.489 e. The maximum Gasteiger partial charge on any atom is 0.324 e. The quantitative estimate of drug-likeness (QED) is 0.769. The van der Waals surface area contributed by atoms with Crippen LogP contribution in [0.25, 0.3) is 0 Å². The van der Waals surface area contributed by atoms with Gasteiger partial charge in [0, 0.05) is 42.7 Å². The molecule has 2 saturated heterocycles. The molecule has 2 aromatic rings. The third-order valence-corrected chi connectivity index (χ3v) is 5.54. The molecule has 2 fully saturated rings. The summed E-state index contributed by atoms with van der Waals surface area (Å²) in [4.78, 5) is 27.0. The highest BCUT2D eigenvalue weighted by molar-refractivity contribution is 6.30. The van der Waals surface area contributed by atoms with E-state index in [0.29, 0.717) is 23.9 Å². The van der Waals surface area contributed by atoms with Crippen molar-refractivity contribution in [3.63, 3.8) is 0 Å². The molecule has 2 amide bonds. The third-order valence-electron chi connectivity index (χ3n) is 5.30. The van der Waals surface area contributed by atoms with E-state index in [1.807, 2.05) is 23.4 Å². The average molecular weight is 372 g/mol. The highest BCUT2D eigenvalue weighted by Gasteiger charge is 2.54. The van der Waals surface area contributed by atoms with E-state index < -0.39 is 0 Å². The number of rotatable bonds is 1. The van der Waals surface area contributed by atoms with Crippen LogP contribution in [0, 0.1) is 5.41 Å². The van der Waals surface area contributed by atoms with Gasteiger partial charge >= 0.3 is 6.03 Å². The van der Waals surface area contributed by atoms with Crippen molar-refractivity contribution in [2.75, 3.05) is 49.1 Å². The summed E-state index contributed by atoms with van der Waals surface area (Å²) in [6.45, 7) is 4.51. The lowest BCUT2D eigenvalue weighted by molar-refractivity contribution is 0.00963. The Morgan fingerprint density at radius 3 is 2.69 bits per heavy atom. The Hall–Kier alpha value is -2.54. The Morgan fingerprint density at radius 1 is 1.15 bits per heavy atom. The molecule has 3 aliphatic rings. The van der Waals surface area contributed by atoms with E-state index in [9.17, 15) is 4.79 Å². The van der Waals surface area contributed by atoms with Crippen LogP contribution in [0.1, 0.15) is 0 Å². The van der Waals surface area contributed by atoms with E-state index in [1.165, 1.54) is 6.33 Å². The number of benzene rings is 1. The highest BCUT2D eigenvalue weighted by atomic mass is 35.5. The molecular weight excluding hydrogens is 354 g/mol. The van der Waals surface area contributed by atoms with Crippen molar-refractivity contribution in [3.05, 3.63) is 41.9 Å². The monoisotopic (exact) mass is 371 g/mol. The van der Waals surface area contributed by atoms with Crippen LogP contribution in [0.15, 0.2) is 36.9 Å². The summed E-state index contributed by atoms with van der Waals surface area (Å²) in [6, 6.07) is 5.45. The molecule has 26 heavy (non-hydrogen) atoms. The van der Waals surface area contributed by atoms with Crippen LogP contribution in [-0.4, -0.2) is 60.2 Å². The van der Waals surface area contributed by atoms with Crippen molar-refractivity contribution >= 4 is 29.0 Å². The fraction of sp³-hybridized carbons (Fsp3) is 0.389. The zero-order chi connectivity index (χ0) is 17.7. The van der Waals surface area contributed by atoms with E-state index in [2.05, 4.69) is 14.9 Å². The Labute approximate surface area is 156 Å². The van der Waals surface area contributed by atoms with Crippen molar-refractivity contribution in [2.24, 2.45) is 5.41 Å². The van der Waals surface area contributed by atoms with Gasteiger partial charge in [-0.3, -0.25) is 4.90 Å². The van der Waals surface area contributed by atoms with Crippen molar-refractivity contribution in [1.29, 1.82) is 0 Å². The first-order valence-corrected chi connectivity index (χ1v) is 9.00. The molecule has 8 heteroatoms. The smallest absolute Gasteiger partial charge is 0.324 e. The predicted octanol–water partition coefficient (Wildman–Crippen LogP) is 2.27. The molecule has 0 bridgehead atoms. The van der Waals surface area contributed by atoms with Gasteiger partial charge in [-0.25, -0.2) is 14.8 Å². The fourth-order valence-electron chi connectivity index (χ4n) is 4.06. The van der Waals surface area contributed by atoms with Crippen LogP contribution in [0.3, 0.4) is 0 Å². The van der Waals surface area contributed by atoms with Crippen LogP contribution in [-0.2, 0) is 0 Å². The average Bonchev–Trinajstić information content (AvgIpc) is 2.59. The minimum Gasteiger partial charge on any atom is -0.489 e. The predicted molar refractivity (Wildman–Crippen MR) is 97.9 cm³/mol. The molecule has 0 aliphatic carbocycles. The van der Waals surface area contributed by atoms with Gasteiger partial charge in [-0.15, -0.1) is 0 Å². The number of carbonyl (C=O) groups excluding carboxylic acids is 1. The lowest BCUT2D eigenvalue weighted by Gasteiger charge is -2.61. The van der Waals surface area contributed by atoms with Gasteiger partial charge in [0.25, 0.3) is 0 Å². The minimum absolute atomic E-state index is 0.0454. The van der Waals surface area contributed by atoms with Gasteiger partial charge in [-0.2, -0.15) is 0 Å². The molecule has 0 atom stereocenters. The van der Waals surface area contributed by atoms with Crippen molar-refractivity contribution < 1.29 is 9.53 Å². The zero-order valence-electron chi connectivity index (χ0n) is 14.1. The third kappa shape index (κ3) is 2.46. The van der Waals surface area contributed by atoms with Crippen LogP contribution in [0.4, 0.5) is 16.2 Å². The maximum absolute atomic E-state index is 12.9. The molecule has 3 aliphatic heterocycles. The normalized spacial score (nSPS) is 20.1. The number of urea groups is 1. The number of likely N-dealkylation sites (tertiary alicyclic amines) is 1. The van der Waals surface area contributed by atoms with E-state index >= 15 is 0 Å². The molecule has 4 heterocycles. The summed E-state index contributed by atoms with van der Waals surface area (Å²) >= 11 is 6.03. The van der Waals surface area contributed by atoms with E-state index in [0.717, 1.165) is 37.6 Å². The number of carbonyl (C=O) groups is 1. The Morgan fingerprint density at radius 2 is 1.92 bits per heavy atom. The molecule has 1 aromatic carbocycles. The SMILES string of the molecule is O=C(N1CC2(C1)CN(c1cncnc1)C2)N1CCOc2cc(Cl)ccc21. The summed E-state index contributed by atoms with van der Waals surface area (Å²) in [5.74, 6) is 0.672. The number of fused-ring (bicyclic) bond motifs is 1. The Balaban J connectivity index is 1.24. The summed E-state index contributed by atoms with van der Waals surface area (Å²) in [7, 11) is 0. The Kier molecular flexibility index (Phi) is 3.46. The van der Waals surface area contributed by atoms with Gasteiger partial charge < -0.3 is 14.5 Å². The number of hydrogen-bond donors (Lipinski definition) is 0. The molecule has 1 aromatic heterocycles. The lowest BCUT2D eigenvalue weighted by Crippen LogP contribution is -2.74. The van der Waals surface area contributed by atoms with Gasteiger partial charge in [0.1, 0.15) is 18.7 Å². The summed E-state index contributed by atoms with van der Waals surface area (Å²) in [5, 5.41) is 0.611. The second-order valence-electron chi connectivity index (χ2n) is 7.20. The topological polar surface area (TPSA) is 61.8 Å². The fourth-order valence-corrected chi connectivity index (χ4v) is 4.22. The number of ether oxygens (including phenoxy) is 1. The van der Waals surface area contributed by atoms with E-state index in [-0.39, 0.29) is 11.4 Å². The minimum atomic E-state index is 0.0454. The molecular formula is C18H18ClN5O2. The molecule has 0 radical (unpaired) electrons. The standard InChI is InChI=1S/C18H18ClN5O2/c19-13-1-2-15-16(5-13)26-4-3-24(15)17(25)23-10-18(11-23)8-22(9-18)14-6-20-12-21-7-14/h1-2,5-7,12H,3-4,8-11H2. The van der Waals surface area contributed by atoms with Gasteiger partial charge in [-0.1, -0.05) is 11.6 Å². The Bertz CT molecular complexity index is 848. The summed E-state index contributed by atoms with van der Waals surface area (Å²) in [6.07, 6.45) is 5.20. The number of amides is 2. The summed E-state index contributed by atoms with van der Waals surface area (Å²) < 4.78 is 5.64. The number of anilines is 2. The van der Waals surface area contributed by atoms with Crippen LogP contribution >= 0.6 is 11.6 Å². The number of aromatic nitrogens is 2. The maximum atomic E-state index is 12.9. The van der Waals surface area contributed by atoms with Crippen LogP contribution in [0.5, 0.6) is 5.75 Å². The van der Waals surface area contributed by atoms with Crippen molar-refractivity contribution in [2.45, 2.75) is 0 Å². The lowest BCUT2D eigenvalue weighted by atomic mass is 9.73. The first-order chi connectivity index (χ1) is 12.6. The molecule has 1 spiro atoms. The van der Waals surface area contributed by atoms with Gasteiger partial charge in [0.15, 0.2) is 0 Å². The summed E-state index contributed by atoms with van der Waals surface area (Å²) in [5.41, 5.74) is 2.05. The van der Waals surface area contributed by atoms with E-state index in [4.69, 9.17) is 16.3 Å². The zero-order valence-corrected chi connectivity index (χ0v) is 14.9. The molecule has 5 rings (SSSR count). The molecule has 0 saturated carbocycles. The second-order valence-corrected chi connectivity index (χ2v) is 7.64.